The fourth-order valence-electron chi connectivity index (χ4n) is 3.80. The second-order valence-electron chi connectivity index (χ2n) is 8.12. The van der Waals surface area contributed by atoms with Crippen molar-refractivity contribution in [3.63, 3.8) is 0 Å². The minimum absolute atomic E-state index is 0.0343. The number of hydrogen-bond acceptors (Lipinski definition) is 3. The summed E-state index contributed by atoms with van der Waals surface area (Å²) < 4.78 is 91.8. The molecule has 3 rings (SSSR count). The molecule has 1 amide bonds. The second-order valence-corrected chi connectivity index (χ2v) is 8.12. The molecule has 0 spiro atoms. The Hall–Kier alpha value is -2.66. The summed E-state index contributed by atoms with van der Waals surface area (Å²) in [6.07, 6.45) is -7.79. The van der Waals surface area contributed by atoms with Gasteiger partial charge in [0.2, 0.25) is 5.91 Å². The summed E-state index contributed by atoms with van der Waals surface area (Å²) in [6.45, 7) is 2.40. The molecule has 1 heterocycles. The quantitative estimate of drug-likeness (QED) is 0.516. The first kappa shape index (κ1) is 26.0. The van der Waals surface area contributed by atoms with Gasteiger partial charge in [-0.15, -0.1) is 0 Å². The lowest BCUT2D eigenvalue weighted by Gasteiger charge is -2.22. The van der Waals surface area contributed by atoms with E-state index < -0.39 is 47.8 Å². The average Bonchev–Trinajstić information content (AvgIpc) is 3.28. The number of likely N-dealkylation sites (tertiary alicyclic amines) is 1. The van der Waals surface area contributed by atoms with E-state index in [0.29, 0.717) is 30.8 Å². The molecule has 0 saturated carbocycles. The zero-order valence-corrected chi connectivity index (χ0v) is 18.1. The van der Waals surface area contributed by atoms with E-state index in [9.17, 15) is 35.5 Å². The van der Waals surface area contributed by atoms with Gasteiger partial charge in [0, 0.05) is 19.6 Å². The van der Waals surface area contributed by atoms with Crippen LogP contribution >= 0.6 is 0 Å². The van der Waals surface area contributed by atoms with Gasteiger partial charge in [-0.05, 0) is 67.4 Å². The lowest BCUT2D eigenvalue weighted by atomic mass is 10.0. The van der Waals surface area contributed by atoms with Crippen molar-refractivity contribution in [2.75, 3.05) is 26.2 Å². The molecule has 0 radical (unpaired) electrons. The molecule has 2 aromatic carbocycles. The normalized spacial score (nSPS) is 16.0. The van der Waals surface area contributed by atoms with Gasteiger partial charge in [0.25, 0.3) is 0 Å². The van der Waals surface area contributed by atoms with Gasteiger partial charge in [0.1, 0.15) is 11.9 Å². The third-order valence-electron chi connectivity index (χ3n) is 5.55. The smallest absolute Gasteiger partial charge is 0.350 e. The molecule has 0 bridgehead atoms. The summed E-state index contributed by atoms with van der Waals surface area (Å²) in [7, 11) is 0. The maximum absolute atomic E-state index is 13.3. The number of hydrogen-bond donors (Lipinski definition) is 2. The Balaban J connectivity index is 1.74. The number of carbonyl (C=O) groups is 1. The van der Waals surface area contributed by atoms with Crippen LogP contribution in [0.25, 0.3) is 0 Å². The molecule has 11 heteroatoms. The van der Waals surface area contributed by atoms with Crippen molar-refractivity contribution in [1.82, 2.24) is 15.5 Å². The topological polar surface area (TPSA) is 44.4 Å². The highest BCUT2D eigenvalue weighted by Gasteiger charge is 2.37. The first-order valence-corrected chi connectivity index (χ1v) is 10.7. The van der Waals surface area contributed by atoms with Crippen molar-refractivity contribution in [2.45, 2.75) is 37.8 Å². The van der Waals surface area contributed by atoms with Crippen LogP contribution in [0.2, 0.25) is 0 Å². The highest BCUT2D eigenvalue weighted by atomic mass is 19.4. The Bertz CT molecular complexity index is 936. The number of benzene rings is 2. The third kappa shape index (κ3) is 7.17. The molecule has 0 aromatic heterocycles. The van der Waals surface area contributed by atoms with E-state index in [4.69, 9.17) is 0 Å². The van der Waals surface area contributed by atoms with Crippen molar-refractivity contribution in [3.05, 3.63) is 70.5 Å². The molecule has 1 aliphatic rings. The molecule has 1 aliphatic heterocycles. The summed E-state index contributed by atoms with van der Waals surface area (Å²) in [5, 5.41) is 5.46. The molecule has 4 nitrogen and oxygen atoms in total. The van der Waals surface area contributed by atoms with E-state index in [2.05, 4.69) is 15.5 Å². The minimum atomic E-state index is -4.98. The maximum Gasteiger partial charge on any atom is 0.416 e. The number of halogens is 7. The van der Waals surface area contributed by atoms with E-state index in [-0.39, 0.29) is 11.6 Å². The van der Waals surface area contributed by atoms with Gasteiger partial charge in [-0.1, -0.05) is 12.1 Å². The average molecular weight is 491 g/mol. The van der Waals surface area contributed by atoms with Crippen molar-refractivity contribution < 1.29 is 35.5 Å². The lowest BCUT2D eigenvalue weighted by molar-refractivity contribution is -0.143. The van der Waals surface area contributed by atoms with E-state index in [1.54, 1.807) is 0 Å². The second kappa shape index (κ2) is 10.7. The summed E-state index contributed by atoms with van der Waals surface area (Å²) in [5.41, 5.74) is -2.83. The van der Waals surface area contributed by atoms with Crippen LogP contribution in [-0.4, -0.2) is 37.0 Å². The lowest BCUT2D eigenvalue weighted by Crippen LogP contribution is -2.40. The number of carbonyl (C=O) groups excluding carboxylic acids is 1. The Morgan fingerprint density at radius 1 is 0.912 bits per heavy atom. The van der Waals surface area contributed by atoms with Gasteiger partial charge < -0.3 is 15.5 Å². The van der Waals surface area contributed by atoms with E-state index in [1.807, 2.05) is 0 Å². The zero-order chi connectivity index (χ0) is 24.9. The van der Waals surface area contributed by atoms with Crippen LogP contribution < -0.4 is 10.6 Å². The highest BCUT2D eigenvalue weighted by Crippen LogP contribution is 2.36. The number of nitrogens with zero attached hydrogens (tertiary/aromatic N) is 1. The largest absolute Gasteiger partial charge is 0.416 e. The third-order valence-corrected chi connectivity index (χ3v) is 5.55. The van der Waals surface area contributed by atoms with Gasteiger partial charge in [-0.2, -0.15) is 26.3 Å². The molecule has 0 unspecified atom stereocenters. The van der Waals surface area contributed by atoms with Crippen LogP contribution in [0.1, 0.15) is 41.1 Å². The van der Waals surface area contributed by atoms with Crippen LogP contribution in [0.15, 0.2) is 42.5 Å². The molecule has 0 aliphatic carbocycles. The van der Waals surface area contributed by atoms with Gasteiger partial charge >= 0.3 is 12.4 Å². The monoisotopic (exact) mass is 491 g/mol. The maximum atomic E-state index is 13.3. The molecule has 1 atom stereocenters. The molecular weight excluding hydrogens is 467 g/mol. The van der Waals surface area contributed by atoms with Crippen molar-refractivity contribution in [3.8, 4) is 0 Å². The Morgan fingerprint density at radius 2 is 1.47 bits per heavy atom. The fourth-order valence-corrected chi connectivity index (χ4v) is 3.80. The summed E-state index contributed by atoms with van der Waals surface area (Å²) in [5.74, 6) is -1.16. The predicted molar refractivity (Wildman–Crippen MR) is 111 cm³/mol. The van der Waals surface area contributed by atoms with E-state index in [0.717, 1.165) is 25.9 Å². The first-order chi connectivity index (χ1) is 15.9. The summed E-state index contributed by atoms with van der Waals surface area (Å²) in [6, 6.07) is 5.35. The van der Waals surface area contributed by atoms with Gasteiger partial charge in [0.15, 0.2) is 0 Å². The van der Waals surface area contributed by atoms with Crippen molar-refractivity contribution in [1.29, 1.82) is 0 Å². The minimum Gasteiger partial charge on any atom is -0.350 e. The van der Waals surface area contributed by atoms with Crippen molar-refractivity contribution in [2.24, 2.45) is 0 Å². The van der Waals surface area contributed by atoms with Crippen LogP contribution in [0.5, 0.6) is 0 Å². The van der Waals surface area contributed by atoms with Crippen molar-refractivity contribution >= 4 is 5.91 Å². The van der Waals surface area contributed by atoms with Crippen LogP contribution in [-0.2, 0) is 23.7 Å². The molecule has 2 aromatic rings. The fraction of sp³-hybridized carbons (Fsp3) is 0.435. The Kier molecular flexibility index (Phi) is 8.19. The Morgan fingerprint density at radius 3 is 2.00 bits per heavy atom. The molecular formula is C23H24F7N3O. The number of alkyl halides is 6. The molecule has 2 N–H and O–H groups in total. The van der Waals surface area contributed by atoms with Crippen LogP contribution in [0, 0.1) is 5.82 Å². The highest BCUT2D eigenvalue weighted by molar-refractivity contribution is 5.83. The van der Waals surface area contributed by atoms with Gasteiger partial charge in [0.05, 0.1) is 11.1 Å². The van der Waals surface area contributed by atoms with E-state index in [1.165, 1.54) is 24.3 Å². The van der Waals surface area contributed by atoms with Crippen LogP contribution in [0.3, 0.4) is 0 Å². The predicted octanol–water partition coefficient (Wildman–Crippen LogP) is 4.91. The Labute approximate surface area is 192 Å². The number of nitrogens with one attached hydrogen (secondary N) is 2. The summed E-state index contributed by atoms with van der Waals surface area (Å²) in [4.78, 5) is 15.1. The van der Waals surface area contributed by atoms with Gasteiger partial charge in [-0.3, -0.25) is 4.79 Å². The molecule has 1 saturated heterocycles. The zero-order valence-electron chi connectivity index (χ0n) is 18.1. The van der Waals surface area contributed by atoms with Crippen LogP contribution in [0.4, 0.5) is 30.7 Å². The SMILES string of the molecule is O=C(NCc1cc(C(F)(F)F)cc(C(F)(F)F)c1)[C@@H](NCCN1CCCC1)c1ccc(F)cc1. The van der Waals surface area contributed by atoms with Gasteiger partial charge in [-0.25, -0.2) is 4.39 Å². The summed E-state index contributed by atoms with van der Waals surface area (Å²) >= 11 is 0. The standard InChI is InChI=1S/C23H24F7N3O/c24-19-5-3-16(4-6-19)20(31-7-10-33-8-1-2-9-33)21(34)32-14-15-11-17(22(25,26)27)13-18(12-15)23(28,29)30/h3-6,11-13,20,31H,1-2,7-10,14H2,(H,32,34)/t20-/m0/s1. The molecule has 1 fully saturated rings. The number of amides is 1. The molecule has 34 heavy (non-hydrogen) atoms. The number of rotatable bonds is 8. The van der Waals surface area contributed by atoms with E-state index >= 15 is 0 Å². The molecule has 186 valence electrons. The first-order valence-electron chi connectivity index (χ1n) is 10.7.